The zero-order valence-corrected chi connectivity index (χ0v) is 6.89. The van der Waals surface area contributed by atoms with E-state index in [0.717, 1.165) is 25.9 Å². The number of hydrogen-bond acceptors (Lipinski definition) is 3. The van der Waals surface area contributed by atoms with Gasteiger partial charge in [0.2, 0.25) is 0 Å². The van der Waals surface area contributed by atoms with Gasteiger partial charge >= 0.3 is 0 Å². The predicted octanol–water partition coefficient (Wildman–Crippen LogP) is 0.279. The highest BCUT2D eigenvalue weighted by Crippen LogP contribution is 1.77. The van der Waals surface area contributed by atoms with E-state index >= 15 is 0 Å². The van der Waals surface area contributed by atoms with Gasteiger partial charge in [0.25, 0.3) is 0 Å². The summed E-state index contributed by atoms with van der Waals surface area (Å²) in [6.45, 7) is 4.61. The molecule has 10 heavy (non-hydrogen) atoms. The lowest BCUT2D eigenvalue weighted by Gasteiger charge is -1.87. The maximum absolute atomic E-state index is 9.44. The van der Waals surface area contributed by atoms with Crippen molar-refractivity contribution in [3.05, 3.63) is 0 Å². The number of hydrogen-bond donors (Lipinski definition) is 2. The third-order valence-corrected chi connectivity index (χ3v) is 0.658. The van der Waals surface area contributed by atoms with Gasteiger partial charge in [-0.25, -0.2) is 0 Å². The second kappa shape index (κ2) is 11.4. The first-order valence-corrected chi connectivity index (χ1v) is 3.52. The van der Waals surface area contributed by atoms with Gasteiger partial charge in [-0.15, -0.1) is 0 Å². The molecule has 3 nitrogen and oxygen atoms in total. The van der Waals surface area contributed by atoms with Crippen LogP contribution in [0.15, 0.2) is 0 Å². The Morgan fingerprint density at radius 1 is 1.10 bits per heavy atom. The first-order valence-electron chi connectivity index (χ1n) is 3.52. The van der Waals surface area contributed by atoms with Crippen LogP contribution in [0.25, 0.3) is 0 Å². The van der Waals surface area contributed by atoms with E-state index < -0.39 is 0 Å². The van der Waals surface area contributed by atoms with Crippen molar-refractivity contribution in [1.29, 1.82) is 0 Å². The molecule has 0 aromatic carbocycles. The van der Waals surface area contributed by atoms with Gasteiger partial charge in [-0.1, -0.05) is 0 Å². The van der Waals surface area contributed by atoms with Crippen LogP contribution < -0.4 is 11.5 Å². The van der Waals surface area contributed by atoms with Crippen LogP contribution in [0.2, 0.25) is 0 Å². The van der Waals surface area contributed by atoms with Crippen molar-refractivity contribution >= 4 is 5.78 Å². The highest BCUT2D eigenvalue weighted by molar-refractivity contribution is 5.72. The highest BCUT2D eigenvalue weighted by atomic mass is 16.1. The van der Waals surface area contributed by atoms with Crippen molar-refractivity contribution < 1.29 is 4.79 Å². The first kappa shape index (κ1) is 12.3. The molecule has 0 saturated carbocycles. The van der Waals surface area contributed by atoms with Crippen LogP contribution in [-0.4, -0.2) is 18.9 Å². The van der Waals surface area contributed by atoms with Crippen molar-refractivity contribution in [3.63, 3.8) is 0 Å². The molecule has 0 aliphatic heterocycles. The van der Waals surface area contributed by atoms with Crippen molar-refractivity contribution in [3.8, 4) is 0 Å². The molecule has 0 aliphatic rings. The van der Waals surface area contributed by atoms with Crippen LogP contribution in [0.5, 0.6) is 0 Å². The number of unbranched alkanes of at least 4 members (excludes halogenated alkanes) is 1. The predicted molar refractivity (Wildman–Crippen MR) is 43.7 cm³/mol. The smallest absolute Gasteiger partial charge is 0.126 e. The fraction of sp³-hybridized carbons (Fsp3) is 0.857. The van der Waals surface area contributed by atoms with E-state index in [4.69, 9.17) is 11.5 Å². The molecule has 0 aliphatic carbocycles. The fourth-order valence-electron chi connectivity index (χ4n) is 0.289. The quantitative estimate of drug-likeness (QED) is 0.562. The van der Waals surface area contributed by atoms with Crippen LogP contribution in [0.3, 0.4) is 0 Å². The third-order valence-electron chi connectivity index (χ3n) is 0.658. The van der Waals surface area contributed by atoms with Crippen molar-refractivity contribution in [1.82, 2.24) is 0 Å². The van der Waals surface area contributed by atoms with Crippen LogP contribution in [-0.2, 0) is 4.79 Å². The van der Waals surface area contributed by atoms with Crippen molar-refractivity contribution in [2.45, 2.75) is 26.7 Å². The van der Waals surface area contributed by atoms with Gasteiger partial charge < -0.3 is 16.3 Å². The van der Waals surface area contributed by atoms with Gasteiger partial charge in [-0.2, -0.15) is 0 Å². The molecule has 0 radical (unpaired) electrons. The summed E-state index contributed by atoms with van der Waals surface area (Å²) in [4.78, 5) is 9.44. The number of carbonyl (C=O) groups is 1. The maximum atomic E-state index is 9.44. The Balaban J connectivity index is 0. The number of ketones is 1. The number of carbonyl (C=O) groups excluding carboxylic acids is 1. The Morgan fingerprint density at radius 2 is 1.30 bits per heavy atom. The summed E-state index contributed by atoms with van der Waals surface area (Å²) in [5.41, 5.74) is 10.3. The summed E-state index contributed by atoms with van der Waals surface area (Å²) in [5, 5.41) is 0. The molecule has 0 spiro atoms. The Morgan fingerprint density at radius 3 is 1.40 bits per heavy atom. The summed E-state index contributed by atoms with van der Waals surface area (Å²) < 4.78 is 0. The number of Topliss-reactive ketones (excluding diaryl/α,β-unsaturated/α-hetero) is 1. The van der Waals surface area contributed by atoms with E-state index in [9.17, 15) is 4.79 Å². The molecule has 0 fully saturated rings. The van der Waals surface area contributed by atoms with Gasteiger partial charge in [0.1, 0.15) is 5.78 Å². The zero-order chi connectivity index (χ0) is 8.41. The van der Waals surface area contributed by atoms with Gasteiger partial charge in [-0.05, 0) is 39.8 Å². The molecule has 0 atom stereocenters. The highest BCUT2D eigenvalue weighted by Gasteiger charge is 1.75. The van der Waals surface area contributed by atoms with E-state index in [1.54, 1.807) is 0 Å². The van der Waals surface area contributed by atoms with Crippen molar-refractivity contribution in [2.75, 3.05) is 13.1 Å². The minimum absolute atomic E-state index is 0.167. The molecule has 0 heterocycles. The van der Waals surface area contributed by atoms with Gasteiger partial charge in [0.05, 0.1) is 0 Å². The number of rotatable bonds is 3. The Bertz CT molecular complexity index is 66.0. The van der Waals surface area contributed by atoms with E-state index in [0.29, 0.717) is 0 Å². The van der Waals surface area contributed by atoms with Crippen LogP contribution in [0.1, 0.15) is 26.7 Å². The van der Waals surface area contributed by atoms with Gasteiger partial charge in [0.15, 0.2) is 0 Å². The van der Waals surface area contributed by atoms with Crippen molar-refractivity contribution in [2.24, 2.45) is 11.5 Å². The molecule has 4 N–H and O–H groups in total. The van der Waals surface area contributed by atoms with E-state index in [1.165, 1.54) is 13.8 Å². The first-order chi connectivity index (χ1) is 4.65. The lowest BCUT2D eigenvalue weighted by molar-refractivity contribution is -0.114. The molecule has 0 saturated heterocycles. The molecule has 0 rings (SSSR count). The molecular weight excluding hydrogens is 128 g/mol. The Labute approximate surface area is 62.8 Å². The SMILES string of the molecule is CC(C)=O.NCCCCN. The summed E-state index contributed by atoms with van der Waals surface area (Å²) in [6, 6.07) is 0. The lowest BCUT2D eigenvalue weighted by atomic mass is 10.3. The summed E-state index contributed by atoms with van der Waals surface area (Å²) in [6.07, 6.45) is 2.13. The van der Waals surface area contributed by atoms with E-state index in [1.807, 2.05) is 0 Å². The second-order valence-corrected chi connectivity index (χ2v) is 2.19. The molecule has 3 heteroatoms. The maximum Gasteiger partial charge on any atom is 0.126 e. The molecule has 0 aromatic heterocycles. The van der Waals surface area contributed by atoms with Crippen LogP contribution in [0, 0.1) is 0 Å². The molecule has 0 unspecified atom stereocenters. The zero-order valence-electron chi connectivity index (χ0n) is 6.89. The average molecular weight is 146 g/mol. The van der Waals surface area contributed by atoms with Gasteiger partial charge in [-0.3, -0.25) is 0 Å². The monoisotopic (exact) mass is 146 g/mol. The minimum Gasteiger partial charge on any atom is -0.330 e. The lowest BCUT2D eigenvalue weighted by Crippen LogP contribution is -2.03. The second-order valence-electron chi connectivity index (χ2n) is 2.19. The molecule has 0 bridgehead atoms. The number of nitrogens with two attached hydrogens (primary N) is 2. The summed E-state index contributed by atoms with van der Waals surface area (Å²) in [7, 11) is 0. The standard InChI is InChI=1S/C4H12N2.C3H6O/c5-3-1-2-4-6;1-3(2)4/h1-6H2;1-2H3. The van der Waals surface area contributed by atoms with Gasteiger partial charge in [0, 0.05) is 0 Å². The topological polar surface area (TPSA) is 69.1 Å². The third kappa shape index (κ3) is 49.1. The Hall–Kier alpha value is -0.410. The van der Waals surface area contributed by atoms with Crippen LogP contribution in [0.4, 0.5) is 0 Å². The molecule has 0 aromatic rings. The van der Waals surface area contributed by atoms with E-state index in [2.05, 4.69) is 0 Å². The molecule has 0 amide bonds. The Kier molecular flexibility index (Phi) is 14.0. The van der Waals surface area contributed by atoms with Crippen LogP contribution >= 0.6 is 0 Å². The summed E-state index contributed by atoms with van der Waals surface area (Å²) in [5.74, 6) is 0.167. The largest absolute Gasteiger partial charge is 0.330 e. The van der Waals surface area contributed by atoms with E-state index in [-0.39, 0.29) is 5.78 Å². The fourth-order valence-corrected chi connectivity index (χ4v) is 0.289. The summed E-state index contributed by atoms with van der Waals surface area (Å²) >= 11 is 0. The molecular formula is C7H18N2O. The minimum atomic E-state index is 0.167. The molecule has 62 valence electrons. The average Bonchev–Trinajstić information content (AvgIpc) is 1.82. The normalized spacial score (nSPS) is 8.00.